The minimum atomic E-state index is -0.185. The van der Waals surface area contributed by atoms with Gasteiger partial charge in [0.15, 0.2) is 11.5 Å². The average molecular weight is 419 g/mol. The highest BCUT2D eigenvalue weighted by Gasteiger charge is 2.26. The van der Waals surface area contributed by atoms with E-state index in [9.17, 15) is 4.79 Å². The summed E-state index contributed by atoms with van der Waals surface area (Å²) in [6, 6.07) is 7.74. The number of carbonyl (C=O) groups is 1. The Labute approximate surface area is 176 Å². The number of methoxy groups -OCH3 is 3. The lowest BCUT2D eigenvalue weighted by molar-refractivity contribution is 0.0911. The van der Waals surface area contributed by atoms with Crippen LogP contribution in [0.15, 0.2) is 29.6 Å². The van der Waals surface area contributed by atoms with Crippen molar-refractivity contribution in [2.45, 2.75) is 25.8 Å². The lowest BCUT2D eigenvalue weighted by atomic mass is 9.97. The molecule has 2 heterocycles. The van der Waals surface area contributed by atoms with Crippen LogP contribution in [0.2, 0.25) is 0 Å². The van der Waals surface area contributed by atoms with Gasteiger partial charge >= 0.3 is 0 Å². The van der Waals surface area contributed by atoms with Gasteiger partial charge in [-0.05, 0) is 43.3 Å². The van der Waals surface area contributed by atoms with Gasteiger partial charge in [0, 0.05) is 23.6 Å². The van der Waals surface area contributed by atoms with Gasteiger partial charge in [0.1, 0.15) is 5.75 Å². The molecular weight excluding hydrogens is 388 g/mol. The van der Waals surface area contributed by atoms with Gasteiger partial charge in [0.25, 0.3) is 5.91 Å². The van der Waals surface area contributed by atoms with Crippen LogP contribution in [-0.4, -0.2) is 51.8 Å². The second-order valence-electron chi connectivity index (χ2n) is 7.37. The molecule has 2 aromatic rings. The number of nitrogens with one attached hydrogen (secondary N) is 1. The van der Waals surface area contributed by atoms with Crippen LogP contribution in [-0.2, 0) is 0 Å². The fraction of sp³-hybridized carbons (Fsp3) is 0.500. The van der Waals surface area contributed by atoms with Gasteiger partial charge in [-0.15, -0.1) is 11.3 Å². The van der Waals surface area contributed by atoms with Crippen molar-refractivity contribution in [2.75, 3.05) is 41.0 Å². The number of thiophene rings is 1. The molecule has 158 valence electrons. The van der Waals surface area contributed by atoms with Crippen molar-refractivity contribution >= 4 is 17.2 Å². The molecule has 1 atom stereocenters. The zero-order valence-electron chi connectivity index (χ0n) is 17.6. The normalized spacial score (nSPS) is 16.3. The maximum absolute atomic E-state index is 13.0. The molecule has 1 N–H and O–H groups in total. The molecule has 1 aliphatic heterocycles. The van der Waals surface area contributed by atoms with Crippen molar-refractivity contribution in [3.8, 4) is 17.2 Å². The van der Waals surface area contributed by atoms with Crippen LogP contribution in [0.1, 0.15) is 41.0 Å². The summed E-state index contributed by atoms with van der Waals surface area (Å²) in [6.07, 6.45) is 2.39. The van der Waals surface area contributed by atoms with Crippen molar-refractivity contribution in [1.82, 2.24) is 10.2 Å². The van der Waals surface area contributed by atoms with Crippen molar-refractivity contribution in [1.29, 1.82) is 0 Å². The Hall–Kier alpha value is -2.25. The van der Waals surface area contributed by atoms with E-state index in [0.717, 1.165) is 19.0 Å². The van der Waals surface area contributed by atoms with Gasteiger partial charge in [-0.2, -0.15) is 0 Å². The zero-order chi connectivity index (χ0) is 20.8. The number of rotatable bonds is 8. The highest BCUT2D eigenvalue weighted by molar-refractivity contribution is 7.10. The fourth-order valence-electron chi connectivity index (χ4n) is 3.72. The van der Waals surface area contributed by atoms with E-state index in [1.54, 1.807) is 44.8 Å². The minimum Gasteiger partial charge on any atom is -0.496 e. The zero-order valence-corrected chi connectivity index (χ0v) is 18.4. The number of benzene rings is 1. The summed E-state index contributed by atoms with van der Waals surface area (Å²) in [4.78, 5) is 16.8. The van der Waals surface area contributed by atoms with Gasteiger partial charge in [-0.3, -0.25) is 9.69 Å². The van der Waals surface area contributed by atoms with E-state index in [1.807, 2.05) is 0 Å². The monoisotopic (exact) mass is 418 g/mol. The minimum absolute atomic E-state index is 0.178. The third-order valence-electron chi connectivity index (χ3n) is 5.54. The molecule has 1 amide bonds. The van der Waals surface area contributed by atoms with E-state index < -0.39 is 0 Å². The molecule has 6 nitrogen and oxygen atoms in total. The van der Waals surface area contributed by atoms with Crippen LogP contribution in [0.5, 0.6) is 17.2 Å². The molecule has 1 aromatic carbocycles. The number of ether oxygens (including phenoxy) is 3. The Morgan fingerprint density at radius 2 is 1.79 bits per heavy atom. The molecule has 7 heteroatoms. The van der Waals surface area contributed by atoms with E-state index in [-0.39, 0.29) is 11.9 Å². The van der Waals surface area contributed by atoms with E-state index >= 15 is 0 Å². The second kappa shape index (κ2) is 9.98. The van der Waals surface area contributed by atoms with Gasteiger partial charge in [0.05, 0.1) is 32.9 Å². The van der Waals surface area contributed by atoms with Crippen LogP contribution in [0, 0.1) is 5.92 Å². The molecule has 1 aliphatic rings. The number of hydrogen-bond donors (Lipinski definition) is 1. The maximum atomic E-state index is 13.0. The summed E-state index contributed by atoms with van der Waals surface area (Å²) >= 11 is 1.74. The fourth-order valence-corrected chi connectivity index (χ4v) is 4.58. The maximum Gasteiger partial charge on any atom is 0.255 e. The standard InChI is InChI=1S/C22H30N2O4S/c1-15-7-9-24(10-8-15)17(21-6-5-11-29-21)14-23-22(25)16-12-19(27-3)20(28-4)13-18(16)26-2/h5-6,11-13,15,17H,7-10,14H2,1-4H3,(H,23,25)/t17-/m1/s1. The number of amides is 1. The van der Waals surface area contributed by atoms with Gasteiger partial charge in [-0.25, -0.2) is 0 Å². The highest BCUT2D eigenvalue weighted by atomic mass is 32.1. The molecular formula is C22H30N2O4S. The summed E-state index contributed by atoms with van der Waals surface area (Å²) < 4.78 is 16.1. The number of nitrogens with zero attached hydrogens (tertiary/aromatic N) is 1. The van der Waals surface area contributed by atoms with Gasteiger partial charge < -0.3 is 19.5 Å². The van der Waals surface area contributed by atoms with Gasteiger partial charge in [-0.1, -0.05) is 13.0 Å². The predicted molar refractivity (Wildman–Crippen MR) is 115 cm³/mol. The summed E-state index contributed by atoms with van der Waals surface area (Å²) in [5.41, 5.74) is 0.433. The first kappa shape index (κ1) is 21.5. The molecule has 0 spiro atoms. The Balaban J connectivity index is 1.76. The molecule has 3 rings (SSSR count). The van der Waals surface area contributed by atoms with Crippen LogP contribution in [0.25, 0.3) is 0 Å². The molecule has 29 heavy (non-hydrogen) atoms. The summed E-state index contributed by atoms with van der Waals surface area (Å²) in [5, 5.41) is 5.20. The molecule has 0 saturated carbocycles. The molecule has 0 radical (unpaired) electrons. The number of carbonyl (C=O) groups excluding carboxylic acids is 1. The first-order chi connectivity index (χ1) is 14.1. The van der Waals surface area contributed by atoms with E-state index in [2.05, 4.69) is 34.7 Å². The third kappa shape index (κ3) is 5.03. The largest absolute Gasteiger partial charge is 0.496 e. The van der Waals surface area contributed by atoms with Crippen LogP contribution in [0.3, 0.4) is 0 Å². The van der Waals surface area contributed by atoms with Crippen LogP contribution in [0.4, 0.5) is 0 Å². The summed E-state index contributed by atoms with van der Waals surface area (Å²) in [7, 11) is 4.65. The SMILES string of the molecule is COc1cc(OC)c(C(=O)NC[C@H](c2cccs2)N2CCC(C)CC2)cc1OC. The van der Waals surface area contributed by atoms with Crippen molar-refractivity contribution in [2.24, 2.45) is 5.92 Å². The molecule has 1 aromatic heterocycles. The van der Waals surface area contributed by atoms with E-state index in [0.29, 0.717) is 29.4 Å². The predicted octanol–water partition coefficient (Wildman–Crippen LogP) is 3.98. The Morgan fingerprint density at radius 1 is 1.14 bits per heavy atom. The second-order valence-corrected chi connectivity index (χ2v) is 8.35. The highest BCUT2D eigenvalue weighted by Crippen LogP contribution is 2.35. The molecule has 0 aliphatic carbocycles. The van der Waals surface area contributed by atoms with E-state index in [1.165, 1.54) is 17.7 Å². The lowest BCUT2D eigenvalue weighted by Crippen LogP contribution is -2.41. The van der Waals surface area contributed by atoms with Crippen LogP contribution < -0.4 is 19.5 Å². The number of likely N-dealkylation sites (tertiary alicyclic amines) is 1. The molecule has 1 fully saturated rings. The Morgan fingerprint density at radius 3 is 2.38 bits per heavy atom. The average Bonchev–Trinajstić information content (AvgIpc) is 3.28. The Bertz CT molecular complexity index is 801. The van der Waals surface area contributed by atoms with E-state index in [4.69, 9.17) is 14.2 Å². The smallest absolute Gasteiger partial charge is 0.255 e. The first-order valence-electron chi connectivity index (χ1n) is 9.93. The van der Waals surface area contributed by atoms with Crippen molar-refractivity contribution < 1.29 is 19.0 Å². The number of hydrogen-bond acceptors (Lipinski definition) is 6. The van der Waals surface area contributed by atoms with Crippen molar-refractivity contribution in [3.63, 3.8) is 0 Å². The van der Waals surface area contributed by atoms with Crippen molar-refractivity contribution in [3.05, 3.63) is 40.1 Å². The molecule has 0 unspecified atom stereocenters. The first-order valence-corrected chi connectivity index (χ1v) is 10.8. The quantitative estimate of drug-likeness (QED) is 0.703. The lowest BCUT2D eigenvalue weighted by Gasteiger charge is -2.36. The molecule has 1 saturated heterocycles. The van der Waals surface area contributed by atoms with Gasteiger partial charge in [0.2, 0.25) is 0 Å². The Kier molecular flexibility index (Phi) is 7.39. The number of piperidine rings is 1. The summed E-state index contributed by atoms with van der Waals surface area (Å²) in [6.45, 7) is 4.96. The summed E-state index contributed by atoms with van der Waals surface area (Å²) in [5.74, 6) is 2.06. The molecule has 0 bridgehead atoms. The third-order valence-corrected chi connectivity index (χ3v) is 6.51. The van der Waals surface area contributed by atoms with Crippen LogP contribution >= 0.6 is 11.3 Å². The topological polar surface area (TPSA) is 60.0 Å².